The zero-order valence-corrected chi connectivity index (χ0v) is 6.99. The van der Waals surface area contributed by atoms with Crippen LogP contribution in [-0.4, -0.2) is 12.0 Å². The van der Waals surface area contributed by atoms with Gasteiger partial charge in [-0.25, -0.2) is 4.39 Å². The van der Waals surface area contributed by atoms with Crippen molar-refractivity contribution in [1.82, 2.24) is 0 Å². The first-order chi connectivity index (χ1) is 6.13. The number of ether oxygens (including phenoxy) is 1. The second-order valence-corrected chi connectivity index (χ2v) is 2.46. The van der Waals surface area contributed by atoms with Crippen molar-refractivity contribution in [2.24, 2.45) is 0 Å². The molecule has 0 aliphatic carbocycles. The minimum Gasteiger partial charge on any atom is -0.494 e. The van der Waals surface area contributed by atoms with E-state index in [0.717, 1.165) is 6.07 Å². The Balaban J connectivity index is 2.89. The molecule has 0 fully saturated rings. The highest BCUT2D eigenvalue weighted by atomic mass is 19.1. The Labute approximate surface area is 74.1 Å². The summed E-state index contributed by atoms with van der Waals surface area (Å²) in [5, 5.41) is 10.1. The van der Waals surface area contributed by atoms with Crippen LogP contribution in [0.15, 0.2) is 18.2 Å². The van der Waals surface area contributed by atoms with Gasteiger partial charge in [-0.05, 0) is 18.2 Å². The lowest BCUT2D eigenvalue weighted by molar-refractivity contribution is -0.496. The van der Waals surface area contributed by atoms with Gasteiger partial charge in [-0.15, -0.1) is 0 Å². The quantitative estimate of drug-likeness (QED) is 0.531. The molecule has 0 bridgehead atoms. The lowest BCUT2D eigenvalue weighted by atomic mass is 10.2. The van der Waals surface area contributed by atoms with Crippen molar-refractivity contribution in [3.05, 3.63) is 39.7 Å². The fourth-order valence-corrected chi connectivity index (χ4v) is 0.957. The Bertz CT molecular complexity index is 327. The van der Waals surface area contributed by atoms with Gasteiger partial charge in [0.25, 0.3) is 0 Å². The fraction of sp³-hybridized carbons (Fsp3) is 0.250. The number of hydrogen-bond donors (Lipinski definition) is 0. The van der Waals surface area contributed by atoms with E-state index in [0.29, 0.717) is 5.56 Å². The zero-order chi connectivity index (χ0) is 9.84. The lowest BCUT2D eigenvalue weighted by Crippen LogP contribution is -1.99. The molecular weight excluding hydrogens is 177 g/mol. The van der Waals surface area contributed by atoms with E-state index in [2.05, 4.69) is 4.74 Å². The molecule has 4 nitrogen and oxygen atoms in total. The molecule has 0 saturated carbocycles. The highest BCUT2D eigenvalue weighted by Gasteiger charge is 2.06. The largest absolute Gasteiger partial charge is 0.494 e. The first-order valence-corrected chi connectivity index (χ1v) is 3.57. The van der Waals surface area contributed by atoms with Crippen LogP contribution in [0.1, 0.15) is 5.56 Å². The van der Waals surface area contributed by atoms with Crippen molar-refractivity contribution < 1.29 is 14.1 Å². The Hall–Kier alpha value is -1.65. The summed E-state index contributed by atoms with van der Waals surface area (Å²) in [5.41, 5.74) is 0.323. The van der Waals surface area contributed by atoms with Gasteiger partial charge in [0, 0.05) is 10.5 Å². The highest BCUT2D eigenvalue weighted by Crippen LogP contribution is 2.17. The number of hydrogen-bond acceptors (Lipinski definition) is 3. The van der Waals surface area contributed by atoms with Gasteiger partial charge in [-0.1, -0.05) is 0 Å². The van der Waals surface area contributed by atoms with E-state index >= 15 is 0 Å². The second kappa shape index (κ2) is 3.84. The van der Waals surface area contributed by atoms with Crippen LogP contribution in [0.5, 0.6) is 5.75 Å². The van der Waals surface area contributed by atoms with Crippen molar-refractivity contribution >= 4 is 0 Å². The van der Waals surface area contributed by atoms with Crippen molar-refractivity contribution in [2.45, 2.75) is 6.54 Å². The Kier molecular flexibility index (Phi) is 2.79. The smallest absolute Gasteiger partial charge is 0.229 e. The van der Waals surface area contributed by atoms with Crippen LogP contribution in [0.4, 0.5) is 4.39 Å². The summed E-state index contributed by atoms with van der Waals surface area (Å²) >= 11 is 0. The monoisotopic (exact) mass is 185 g/mol. The van der Waals surface area contributed by atoms with E-state index in [1.54, 1.807) is 0 Å². The van der Waals surface area contributed by atoms with Crippen LogP contribution in [-0.2, 0) is 6.54 Å². The SMILES string of the molecule is COc1ccc(C[N+](=O)[O-])cc1F. The van der Waals surface area contributed by atoms with Crippen LogP contribution in [0.25, 0.3) is 0 Å². The van der Waals surface area contributed by atoms with Crippen molar-refractivity contribution in [1.29, 1.82) is 0 Å². The zero-order valence-electron chi connectivity index (χ0n) is 6.99. The van der Waals surface area contributed by atoms with E-state index in [9.17, 15) is 14.5 Å². The van der Waals surface area contributed by atoms with Gasteiger partial charge >= 0.3 is 0 Å². The summed E-state index contributed by atoms with van der Waals surface area (Å²) in [6, 6.07) is 3.93. The molecule has 0 radical (unpaired) electrons. The molecule has 0 amide bonds. The Morgan fingerprint density at radius 2 is 2.31 bits per heavy atom. The molecule has 1 aromatic carbocycles. The Morgan fingerprint density at radius 3 is 2.77 bits per heavy atom. The molecule has 1 aromatic rings. The number of benzene rings is 1. The number of rotatable bonds is 3. The van der Waals surface area contributed by atoms with Gasteiger partial charge in [0.05, 0.1) is 7.11 Å². The molecule has 0 aliphatic heterocycles. The average molecular weight is 185 g/mol. The fourth-order valence-electron chi connectivity index (χ4n) is 0.957. The van der Waals surface area contributed by atoms with Crippen molar-refractivity contribution in [2.75, 3.05) is 7.11 Å². The summed E-state index contributed by atoms with van der Waals surface area (Å²) in [6.45, 7) is -0.374. The third kappa shape index (κ3) is 2.40. The number of nitro groups is 1. The van der Waals surface area contributed by atoms with Crippen LogP contribution < -0.4 is 4.74 Å². The number of nitrogens with zero attached hydrogens (tertiary/aromatic N) is 1. The molecule has 13 heavy (non-hydrogen) atoms. The van der Waals surface area contributed by atoms with Gasteiger partial charge in [0.1, 0.15) is 0 Å². The lowest BCUT2D eigenvalue weighted by Gasteiger charge is -2.01. The minimum atomic E-state index is -0.582. The molecule has 0 unspecified atom stereocenters. The van der Waals surface area contributed by atoms with Crippen LogP contribution in [0.3, 0.4) is 0 Å². The maximum absolute atomic E-state index is 13.0. The van der Waals surface area contributed by atoms with Crippen LogP contribution in [0, 0.1) is 15.9 Å². The van der Waals surface area contributed by atoms with E-state index in [1.807, 2.05) is 0 Å². The van der Waals surface area contributed by atoms with Gasteiger partial charge in [-0.2, -0.15) is 0 Å². The van der Waals surface area contributed by atoms with E-state index in [4.69, 9.17) is 0 Å². The van der Waals surface area contributed by atoms with E-state index < -0.39 is 10.7 Å². The van der Waals surface area contributed by atoms with Gasteiger partial charge in [0.15, 0.2) is 11.6 Å². The van der Waals surface area contributed by atoms with E-state index in [-0.39, 0.29) is 12.3 Å². The number of halogens is 1. The third-order valence-electron chi connectivity index (χ3n) is 1.53. The first kappa shape index (κ1) is 9.44. The predicted molar refractivity (Wildman–Crippen MR) is 43.7 cm³/mol. The minimum absolute atomic E-state index is 0.0899. The molecular formula is C8H8FNO3. The van der Waals surface area contributed by atoms with Gasteiger partial charge in [0.2, 0.25) is 6.54 Å². The standard InChI is InChI=1S/C8H8FNO3/c1-13-8-3-2-6(4-7(8)9)5-10(11)12/h2-4H,5H2,1H3. The predicted octanol–water partition coefficient (Wildman–Crippen LogP) is 1.61. The summed E-state index contributed by atoms with van der Waals surface area (Å²) in [7, 11) is 1.34. The topological polar surface area (TPSA) is 52.4 Å². The maximum Gasteiger partial charge on any atom is 0.229 e. The molecule has 0 saturated heterocycles. The molecule has 0 N–H and O–H groups in total. The molecule has 0 atom stereocenters. The van der Waals surface area contributed by atoms with Gasteiger partial charge in [-0.3, -0.25) is 10.1 Å². The summed E-state index contributed by atoms with van der Waals surface area (Å²) in [5.74, 6) is -0.492. The first-order valence-electron chi connectivity index (χ1n) is 3.57. The molecule has 1 rings (SSSR count). The summed E-state index contributed by atoms with van der Waals surface area (Å²) in [4.78, 5) is 9.57. The van der Waals surface area contributed by atoms with Crippen molar-refractivity contribution in [3.63, 3.8) is 0 Å². The third-order valence-corrected chi connectivity index (χ3v) is 1.53. The number of methoxy groups -OCH3 is 1. The summed E-state index contributed by atoms with van der Waals surface area (Å²) in [6.07, 6.45) is 0. The average Bonchev–Trinajstić information content (AvgIpc) is 2.03. The molecule has 0 heterocycles. The molecule has 0 aliphatic rings. The normalized spacial score (nSPS) is 9.69. The molecule has 0 aromatic heterocycles. The van der Waals surface area contributed by atoms with Crippen LogP contribution >= 0.6 is 0 Å². The van der Waals surface area contributed by atoms with Crippen LogP contribution in [0.2, 0.25) is 0 Å². The second-order valence-electron chi connectivity index (χ2n) is 2.46. The molecule has 5 heteroatoms. The Morgan fingerprint density at radius 1 is 1.62 bits per heavy atom. The summed E-state index contributed by atoms with van der Waals surface area (Å²) < 4.78 is 17.6. The molecule has 0 spiro atoms. The van der Waals surface area contributed by atoms with Crippen molar-refractivity contribution in [3.8, 4) is 5.75 Å². The maximum atomic E-state index is 13.0. The highest BCUT2D eigenvalue weighted by molar-refractivity contribution is 5.28. The van der Waals surface area contributed by atoms with E-state index in [1.165, 1.54) is 19.2 Å². The van der Waals surface area contributed by atoms with Gasteiger partial charge < -0.3 is 4.74 Å². The molecule has 70 valence electrons.